The third-order valence-corrected chi connectivity index (χ3v) is 5.47. The van der Waals surface area contributed by atoms with E-state index in [1.165, 1.54) is 25.3 Å². The van der Waals surface area contributed by atoms with E-state index >= 15 is 0 Å². The number of benzene rings is 2. The first-order chi connectivity index (χ1) is 12.4. The molecule has 2 aromatic rings. The first-order valence-electron chi connectivity index (χ1n) is 8.00. The quantitative estimate of drug-likeness (QED) is 0.721. The highest BCUT2D eigenvalue weighted by molar-refractivity contribution is 7.92. The van der Waals surface area contributed by atoms with Gasteiger partial charge in [0, 0.05) is 6.54 Å². The Bertz CT molecular complexity index is 877. The molecule has 0 aliphatic rings. The number of ether oxygens (including phenoxy) is 1. The summed E-state index contributed by atoms with van der Waals surface area (Å²) in [6.07, 6.45) is 1.53. The molecule has 0 saturated carbocycles. The van der Waals surface area contributed by atoms with Gasteiger partial charge in [0.25, 0.3) is 10.0 Å². The van der Waals surface area contributed by atoms with Crippen molar-refractivity contribution in [3.63, 3.8) is 0 Å². The smallest absolute Gasteiger partial charge is 0.264 e. The van der Waals surface area contributed by atoms with Crippen molar-refractivity contribution in [2.45, 2.75) is 11.8 Å². The molecule has 0 saturated heterocycles. The number of amides is 1. The fraction of sp³-hybridized carbons (Fsp3) is 0.211. The Labute approximate surface area is 154 Å². The number of nitrogens with zero attached hydrogens (tertiary/aromatic N) is 1. The Hall–Kier alpha value is -2.80. The molecular weight excluding hydrogens is 352 g/mol. The van der Waals surface area contributed by atoms with Crippen LogP contribution in [-0.4, -0.2) is 34.5 Å². The van der Waals surface area contributed by atoms with Crippen molar-refractivity contribution < 1.29 is 17.9 Å². The zero-order valence-corrected chi connectivity index (χ0v) is 15.6. The zero-order valence-electron chi connectivity index (χ0n) is 14.8. The second kappa shape index (κ2) is 8.53. The van der Waals surface area contributed by atoms with Crippen molar-refractivity contribution in [2.75, 3.05) is 24.5 Å². The second-order valence-corrected chi connectivity index (χ2v) is 7.45. The molecule has 6 nitrogen and oxygen atoms in total. The Kier molecular flexibility index (Phi) is 6.41. The number of carbonyl (C=O) groups excluding carboxylic acids is 1. The summed E-state index contributed by atoms with van der Waals surface area (Å²) in [5, 5.41) is 2.60. The van der Waals surface area contributed by atoms with Crippen LogP contribution >= 0.6 is 0 Å². The summed E-state index contributed by atoms with van der Waals surface area (Å²) >= 11 is 0. The summed E-state index contributed by atoms with van der Waals surface area (Å²) in [6, 6.07) is 13.1. The van der Waals surface area contributed by atoms with E-state index < -0.39 is 15.9 Å². The highest BCUT2D eigenvalue weighted by Crippen LogP contribution is 2.32. The van der Waals surface area contributed by atoms with Crippen LogP contribution in [0, 0.1) is 6.92 Å². The maximum atomic E-state index is 13.2. The van der Waals surface area contributed by atoms with Crippen molar-refractivity contribution in [2.24, 2.45) is 0 Å². The molecule has 2 aromatic carbocycles. The number of carbonyl (C=O) groups is 1. The van der Waals surface area contributed by atoms with Gasteiger partial charge in [0.05, 0.1) is 17.7 Å². The molecule has 2 rings (SSSR count). The predicted molar refractivity (Wildman–Crippen MR) is 102 cm³/mol. The molecule has 0 aliphatic carbocycles. The predicted octanol–water partition coefficient (Wildman–Crippen LogP) is 2.50. The number of sulfonamides is 1. The Morgan fingerprint density at radius 1 is 1.19 bits per heavy atom. The van der Waals surface area contributed by atoms with E-state index in [1.807, 2.05) is 6.92 Å². The van der Waals surface area contributed by atoms with Gasteiger partial charge < -0.3 is 10.1 Å². The molecule has 0 spiro atoms. The number of rotatable bonds is 8. The molecule has 0 unspecified atom stereocenters. The normalized spacial score (nSPS) is 10.8. The summed E-state index contributed by atoms with van der Waals surface area (Å²) in [5.74, 6) is -0.0776. The van der Waals surface area contributed by atoms with Crippen molar-refractivity contribution >= 4 is 21.6 Å². The number of nitrogens with one attached hydrogen (secondary N) is 1. The standard InChI is InChI=1S/C19H22N2O4S/c1-4-13-20-19(22)14-21(17-7-5-6-8-18(17)25-3)26(23,24)16-11-9-15(2)10-12-16/h4-12H,1,13-14H2,2-3H3,(H,20,22). The van der Waals surface area contributed by atoms with Crippen molar-refractivity contribution in [1.29, 1.82) is 0 Å². The molecule has 138 valence electrons. The highest BCUT2D eigenvalue weighted by atomic mass is 32.2. The summed E-state index contributed by atoms with van der Waals surface area (Å²) in [5.41, 5.74) is 1.24. The lowest BCUT2D eigenvalue weighted by Crippen LogP contribution is -2.41. The minimum absolute atomic E-state index is 0.102. The molecule has 0 heterocycles. The van der Waals surface area contributed by atoms with Crippen molar-refractivity contribution in [3.05, 3.63) is 66.7 Å². The molecule has 0 bridgehead atoms. The average molecular weight is 374 g/mol. The Balaban J connectivity index is 2.50. The molecule has 0 atom stereocenters. The minimum Gasteiger partial charge on any atom is -0.495 e. The fourth-order valence-corrected chi connectivity index (χ4v) is 3.78. The van der Waals surface area contributed by atoms with E-state index in [0.717, 1.165) is 9.87 Å². The lowest BCUT2D eigenvalue weighted by molar-refractivity contribution is -0.119. The average Bonchev–Trinajstić information content (AvgIpc) is 2.64. The molecule has 0 radical (unpaired) electrons. The molecule has 0 aromatic heterocycles. The van der Waals surface area contributed by atoms with Crippen LogP contribution in [0.25, 0.3) is 0 Å². The maximum absolute atomic E-state index is 13.2. The largest absolute Gasteiger partial charge is 0.495 e. The van der Waals surface area contributed by atoms with E-state index in [-0.39, 0.29) is 18.0 Å². The van der Waals surface area contributed by atoms with Crippen LogP contribution in [0.3, 0.4) is 0 Å². The minimum atomic E-state index is -3.96. The van der Waals surface area contributed by atoms with Gasteiger partial charge in [0.2, 0.25) is 5.91 Å². The van der Waals surface area contributed by atoms with Gasteiger partial charge in [-0.1, -0.05) is 35.9 Å². The Morgan fingerprint density at radius 2 is 1.85 bits per heavy atom. The number of para-hydroxylation sites is 2. The first kappa shape index (κ1) is 19.5. The van der Waals surface area contributed by atoms with Gasteiger partial charge in [0.15, 0.2) is 0 Å². The number of hydrogen-bond acceptors (Lipinski definition) is 4. The second-order valence-electron chi connectivity index (χ2n) is 5.59. The number of hydrogen-bond donors (Lipinski definition) is 1. The van der Waals surface area contributed by atoms with Gasteiger partial charge >= 0.3 is 0 Å². The monoisotopic (exact) mass is 374 g/mol. The van der Waals surface area contributed by atoms with Gasteiger partial charge in [0.1, 0.15) is 12.3 Å². The summed E-state index contributed by atoms with van der Waals surface area (Å²) in [4.78, 5) is 12.3. The maximum Gasteiger partial charge on any atom is 0.264 e. The zero-order chi connectivity index (χ0) is 19.2. The fourth-order valence-electron chi connectivity index (χ4n) is 2.35. The van der Waals surface area contributed by atoms with Crippen molar-refractivity contribution in [1.82, 2.24) is 5.32 Å². The number of anilines is 1. The van der Waals surface area contributed by atoms with E-state index in [0.29, 0.717) is 11.4 Å². The number of methoxy groups -OCH3 is 1. The van der Waals surface area contributed by atoms with Gasteiger partial charge in [-0.25, -0.2) is 8.42 Å². The van der Waals surface area contributed by atoms with Crippen LogP contribution < -0.4 is 14.4 Å². The molecule has 1 N–H and O–H groups in total. The SMILES string of the molecule is C=CCNC(=O)CN(c1ccccc1OC)S(=O)(=O)c1ccc(C)cc1. The van der Waals surface area contributed by atoms with Crippen LogP contribution in [0.15, 0.2) is 66.1 Å². The van der Waals surface area contributed by atoms with E-state index in [2.05, 4.69) is 11.9 Å². The molecule has 26 heavy (non-hydrogen) atoms. The molecule has 1 amide bonds. The van der Waals surface area contributed by atoms with Crippen LogP contribution in [0.4, 0.5) is 5.69 Å². The van der Waals surface area contributed by atoms with Gasteiger partial charge in [-0.3, -0.25) is 9.10 Å². The summed E-state index contributed by atoms with van der Waals surface area (Å²) in [7, 11) is -2.51. The third kappa shape index (κ3) is 4.43. The van der Waals surface area contributed by atoms with Crippen molar-refractivity contribution in [3.8, 4) is 5.75 Å². The lowest BCUT2D eigenvalue weighted by atomic mass is 10.2. The molecular formula is C19H22N2O4S. The topological polar surface area (TPSA) is 75.7 Å². The molecule has 7 heteroatoms. The van der Waals surface area contributed by atoms with Gasteiger partial charge in [-0.2, -0.15) is 0 Å². The van der Waals surface area contributed by atoms with Crippen LogP contribution in [0.5, 0.6) is 5.75 Å². The van der Waals surface area contributed by atoms with Gasteiger partial charge in [-0.05, 0) is 31.2 Å². The van der Waals surface area contributed by atoms with E-state index in [4.69, 9.17) is 4.74 Å². The summed E-state index contributed by atoms with van der Waals surface area (Å²) in [6.45, 7) is 5.29. The van der Waals surface area contributed by atoms with E-state index in [9.17, 15) is 13.2 Å². The van der Waals surface area contributed by atoms with Crippen LogP contribution in [-0.2, 0) is 14.8 Å². The third-order valence-electron chi connectivity index (χ3n) is 3.69. The van der Waals surface area contributed by atoms with Crippen LogP contribution in [0.2, 0.25) is 0 Å². The molecule has 0 aliphatic heterocycles. The van der Waals surface area contributed by atoms with E-state index in [1.54, 1.807) is 36.4 Å². The Morgan fingerprint density at radius 3 is 2.46 bits per heavy atom. The lowest BCUT2D eigenvalue weighted by Gasteiger charge is -2.25. The number of aryl methyl sites for hydroxylation is 1. The van der Waals surface area contributed by atoms with Gasteiger partial charge in [-0.15, -0.1) is 6.58 Å². The molecule has 0 fully saturated rings. The van der Waals surface area contributed by atoms with Crippen LogP contribution in [0.1, 0.15) is 5.56 Å². The summed E-state index contributed by atoms with van der Waals surface area (Å²) < 4.78 is 32.7. The first-order valence-corrected chi connectivity index (χ1v) is 9.44. The highest BCUT2D eigenvalue weighted by Gasteiger charge is 2.29.